The van der Waals surface area contributed by atoms with Gasteiger partial charge in [0.15, 0.2) is 0 Å². The standard InChI is InChI=1S/C12H16F3N3/c1-7-5-18(6-8(7)2)10-3-11(12(13,14)15)17-4-9(10)16/h3-4,7-8H,5-6,16H2,1-2H3. The largest absolute Gasteiger partial charge is 0.433 e. The van der Waals surface area contributed by atoms with Crippen LogP contribution in [0.15, 0.2) is 12.3 Å². The number of pyridine rings is 1. The first kappa shape index (κ1) is 13.0. The molecule has 6 heteroatoms. The Labute approximate surface area is 104 Å². The second-order valence-electron chi connectivity index (χ2n) is 4.99. The molecule has 100 valence electrons. The molecule has 2 heterocycles. The minimum atomic E-state index is -4.43. The van der Waals surface area contributed by atoms with E-state index in [9.17, 15) is 13.2 Å². The van der Waals surface area contributed by atoms with Crippen molar-refractivity contribution >= 4 is 11.4 Å². The van der Waals surface area contributed by atoms with Gasteiger partial charge in [-0.3, -0.25) is 0 Å². The fourth-order valence-electron chi connectivity index (χ4n) is 2.21. The smallest absolute Gasteiger partial charge is 0.396 e. The number of hydrogen-bond acceptors (Lipinski definition) is 3. The van der Waals surface area contributed by atoms with Gasteiger partial charge in [0, 0.05) is 13.1 Å². The highest BCUT2D eigenvalue weighted by atomic mass is 19.4. The molecule has 1 fully saturated rings. The van der Waals surface area contributed by atoms with Crippen molar-refractivity contribution in [2.24, 2.45) is 11.8 Å². The van der Waals surface area contributed by atoms with E-state index in [1.807, 2.05) is 4.90 Å². The van der Waals surface area contributed by atoms with Gasteiger partial charge >= 0.3 is 6.18 Å². The molecular weight excluding hydrogens is 243 g/mol. The lowest BCUT2D eigenvalue weighted by molar-refractivity contribution is -0.141. The van der Waals surface area contributed by atoms with Gasteiger partial charge in [0.1, 0.15) is 5.69 Å². The molecule has 2 N–H and O–H groups in total. The van der Waals surface area contributed by atoms with Crippen molar-refractivity contribution in [1.29, 1.82) is 0 Å². The van der Waals surface area contributed by atoms with Crippen LogP contribution in [0.2, 0.25) is 0 Å². The summed E-state index contributed by atoms with van der Waals surface area (Å²) in [6.45, 7) is 5.64. The Morgan fingerprint density at radius 1 is 1.28 bits per heavy atom. The first-order chi connectivity index (χ1) is 8.29. The summed E-state index contributed by atoms with van der Waals surface area (Å²) in [5, 5.41) is 0. The van der Waals surface area contributed by atoms with Crippen LogP contribution in [0.1, 0.15) is 19.5 Å². The molecule has 0 radical (unpaired) electrons. The number of aromatic nitrogens is 1. The van der Waals surface area contributed by atoms with Crippen molar-refractivity contribution in [3.05, 3.63) is 18.0 Å². The zero-order valence-electron chi connectivity index (χ0n) is 10.3. The van der Waals surface area contributed by atoms with Crippen LogP contribution in [-0.4, -0.2) is 18.1 Å². The molecule has 18 heavy (non-hydrogen) atoms. The maximum atomic E-state index is 12.6. The normalized spacial score (nSPS) is 24.6. The number of hydrogen-bond donors (Lipinski definition) is 1. The van der Waals surface area contributed by atoms with Crippen LogP contribution in [0.25, 0.3) is 0 Å². The van der Waals surface area contributed by atoms with E-state index in [1.54, 1.807) is 0 Å². The third kappa shape index (κ3) is 2.37. The lowest BCUT2D eigenvalue weighted by Gasteiger charge is -2.21. The molecule has 0 spiro atoms. The number of rotatable bonds is 1. The van der Waals surface area contributed by atoms with Gasteiger partial charge in [-0.05, 0) is 17.9 Å². The molecule has 1 aromatic rings. The van der Waals surface area contributed by atoms with E-state index in [2.05, 4.69) is 18.8 Å². The van der Waals surface area contributed by atoms with Gasteiger partial charge in [0.25, 0.3) is 0 Å². The quantitative estimate of drug-likeness (QED) is 0.843. The molecule has 0 bridgehead atoms. The molecule has 0 amide bonds. The Bertz CT molecular complexity index is 435. The summed E-state index contributed by atoms with van der Waals surface area (Å²) in [4.78, 5) is 5.25. The van der Waals surface area contributed by atoms with E-state index in [0.29, 0.717) is 23.2 Å². The van der Waals surface area contributed by atoms with Gasteiger partial charge in [-0.1, -0.05) is 13.8 Å². The van der Waals surface area contributed by atoms with Crippen molar-refractivity contribution in [2.75, 3.05) is 23.7 Å². The number of nitrogens with two attached hydrogens (primary N) is 1. The Morgan fingerprint density at radius 3 is 2.33 bits per heavy atom. The Balaban J connectivity index is 2.33. The molecule has 0 saturated carbocycles. The van der Waals surface area contributed by atoms with E-state index < -0.39 is 11.9 Å². The Morgan fingerprint density at radius 2 is 1.83 bits per heavy atom. The maximum Gasteiger partial charge on any atom is 0.433 e. The van der Waals surface area contributed by atoms with Crippen LogP contribution in [0, 0.1) is 11.8 Å². The van der Waals surface area contributed by atoms with Gasteiger partial charge in [-0.15, -0.1) is 0 Å². The molecule has 1 aliphatic heterocycles. The van der Waals surface area contributed by atoms with Crippen LogP contribution < -0.4 is 10.6 Å². The van der Waals surface area contributed by atoms with E-state index in [-0.39, 0.29) is 0 Å². The Kier molecular flexibility index (Phi) is 3.12. The van der Waals surface area contributed by atoms with Gasteiger partial charge in [-0.2, -0.15) is 13.2 Å². The maximum absolute atomic E-state index is 12.6. The SMILES string of the molecule is CC1CN(c2cc(C(F)(F)F)ncc2N)CC1C. The Hall–Kier alpha value is -1.46. The lowest BCUT2D eigenvalue weighted by atomic mass is 10.0. The molecular formula is C12H16F3N3. The zero-order valence-corrected chi connectivity index (χ0v) is 10.3. The summed E-state index contributed by atoms with van der Waals surface area (Å²) in [6.07, 6.45) is -3.34. The average Bonchev–Trinajstić information content (AvgIpc) is 2.58. The molecule has 2 unspecified atom stereocenters. The summed E-state index contributed by atoms with van der Waals surface area (Å²) in [5.74, 6) is 0.902. The summed E-state index contributed by atoms with van der Waals surface area (Å²) in [7, 11) is 0. The van der Waals surface area contributed by atoms with E-state index in [0.717, 1.165) is 25.4 Å². The van der Waals surface area contributed by atoms with Crippen molar-refractivity contribution in [2.45, 2.75) is 20.0 Å². The summed E-state index contributed by atoms with van der Waals surface area (Å²) < 4.78 is 37.9. The third-order valence-electron chi connectivity index (χ3n) is 3.53. The second-order valence-corrected chi connectivity index (χ2v) is 4.99. The number of anilines is 2. The van der Waals surface area contributed by atoms with Crippen molar-refractivity contribution in [1.82, 2.24) is 4.98 Å². The van der Waals surface area contributed by atoms with Crippen molar-refractivity contribution < 1.29 is 13.2 Å². The van der Waals surface area contributed by atoms with Crippen molar-refractivity contribution in [3.63, 3.8) is 0 Å². The first-order valence-corrected chi connectivity index (χ1v) is 5.86. The summed E-state index contributed by atoms with van der Waals surface area (Å²) in [6, 6.07) is 1.04. The highest BCUT2D eigenvalue weighted by Crippen LogP contribution is 2.35. The van der Waals surface area contributed by atoms with Gasteiger partial charge in [0.05, 0.1) is 17.6 Å². The van der Waals surface area contributed by atoms with E-state index in [4.69, 9.17) is 5.73 Å². The van der Waals surface area contributed by atoms with Crippen LogP contribution in [-0.2, 0) is 6.18 Å². The van der Waals surface area contributed by atoms with E-state index in [1.165, 1.54) is 0 Å². The predicted octanol–water partition coefficient (Wildman–Crippen LogP) is 2.77. The van der Waals surface area contributed by atoms with Gasteiger partial charge < -0.3 is 10.6 Å². The first-order valence-electron chi connectivity index (χ1n) is 5.86. The molecule has 1 aromatic heterocycles. The molecule has 0 aromatic carbocycles. The number of nitrogens with zero attached hydrogens (tertiary/aromatic N) is 2. The lowest BCUT2D eigenvalue weighted by Crippen LogP contribution is -2.22. The monoisotopic (exact) mass is 259 g/mol. The zero-order chi connectivity index (χ0) is 13.5. The van der Waals surface area contributed by atoms with E-state index >= 15 is 0 Å². The second kappa shape index (κ2) is 4.33. The topological polar surface area (TPSA) is 42.2 Å². The molecule has 1 saturated heterocycles. The molecule has 2 atom stereocenters. The molecule has 1 aliphatic rings. The molecule has 3 nitrogen and oxygen atoms in total. The van der Waals surface area contributed by atoms with Crippen LogP contribution in [0.3, 0.4) is 0 Å². The fraction of sp³-hybridized carbons (Fsp3) is 0.583. The fourth-order valence-corrected chi connectivity index (χ4v) is 2.21. The van der Waals surface area contributed by atoms with Crippen LogP contribution >= 0.6 is 0 Å². The third-order valence-corrected chi connectivity index (χ3v) is 3.53. The highest BCUT2D eigenvalue weighted by molar-refractivity contribution is 5.67. The number of nitrogen functional groups attached to an aromatic ring is 1. The van der Waals surface area contributed by atoms with Gasteiger partial charge in [0.2, 0.25) is 0 Å². The molecule has 0 aliphatic carbocycles. The summed E-state index contributed by atoms with van der Waals surface area (Å²) in [5.41, 5.74) is 5.58. The van der Waals surface area contributed by atoms with Gasteiger partial charge in [-0.25, -0.2) is 4.98 Å². The molecule has 2 rings (SSSR count). The minimum Gasteiger partial charge on any atom is -0.396 e. The summed E-state index contributed by atoms with van der Waals surface area (Å²) >= 11 is 0. The predicted molar refractivity (Wildman–Crippen MR) is 64.2 cm³/mol. The van der Waals surface area contributed by atoms with Crippen LogP contribution in [0.5, 0.6) is 0 Å². The minimum absolute atomic E-state index is 0.296. The van der Waals surface area contributed by atoms with Crippen molar-refractivity contribution in [3.8, 4) is 0 Å². The highest BCUT2D eigenvalue weighted by Gasteiger charge is 2.34. The number of halogens is 3. The van der Waals surface area contributed by atoms with Crippen LogP contribution in [0.4, 0.5) is 24.5 Å². The number of alkyl halides is 3. The average molecular weight is 259 g/mol.